The second-order valence-corrected chi connectivity index (χ2v) is 8.72. The molecule has 2 rings (SSSR count). The molecule has 156 valence electrons. The number of aryl methyl sites for hydroxylation is 4. The van der Waals surface area contributed by atoms with E-state index in [9.17, 15) is 18.0 Å². The van der Waals surface area contributed by atoms with Gasteiger partial charge in [-0.25, -0.2) is 8.42 Å². The fraction of sp³-hybridized carbons (Fsp3) is 0.333. The second-order valence-electron chi connectivity index (χ2n) is 6.98. The van der Waals surface area contributed by atoms with Crippen LogP contribution in [-0.2, 0) is 24.3 Å². The lowest BCUT2D eigenvalue weighted by Crippen LogP contribution is -2.36. The molecule has 0 fully saturated rings. The normalized spacial score (nSPS) is 12.3. The number of carbonyl (C=O) groups is 2. The Morgan fingerprint density at radius 3 is 2.24 bits per heavy atom. The molecule has 0 aliphatic carbocycles. The molecule has 7 nitrogen and oxygen atoms in total. The van der Waals surface area contributed by atoms with E-state index in [-0.39, 0.29) is 4.90 Å². The zero-order valence-corrected chi connectivity index (χ0v) is 18.0. The Labute approximate surface area is 171 Å². The van der Waals surface area contributed by atoms with E-state index in [0.29, 0.717) is 11.3 Å². The van der Waals surface area contributed by atoms with Gasteiger partial charge in [0.1, 0.15) is 6.54 Å². The monoisotopic (exact) mass is 418 g/mol. The molecule has 29 heavy (non-hydrogen) atoms. The number of hydrogen-bond donors (Lipinski definition) is 2. The fourth-order valence-electron chi connectivity index (χ4n) is 2.76. The summed E-state index contributed by atoms with van der Waals surface area (Å²) < 4.78 is 32.2. The molecular weight excluding hydrogens is 392 g/mol. The van der Waals surface area contributed by atoms with Gasteiger partial charge in [-0.05, 0) is 62.9 Å². The molecule has 0 heterocycles. The highest BCUT2D eigenvalue weighted by molar-refractivity contribution is 7.89. The number of amides is 1. The largest absolute Gasteiger partial charge is 0.452 e. The van der Waals surface area contributed by atoms with Gasteiger partial charge >= 0.3 is 5.97 Å². The lowest BCUT2D eigenvalue weighted by Gasteiger charge is -2.16. The molecule has 8 heteroatoms. The average molecular weight is 419 g/mol. The van der Waals surface area contributed by atoms with Gasteiger partial charge in [0, 0.05) is 5.69 Å². The Hall–Kier alpha value is -2.71. The minimum atomic E-state index is -3.88. The highest BCUT2D eigenvalue weighted by atomic mass is 32.2. The van der Waals surface area contributed by atoms with E-state index in [4.69, 9.17) is 4.74 Å². The average Bonchev–Trinajstić information content (AvgIpc) is 2.65. The predicted molar refractivity (Wildman–Crippen MR) is 111 cm³/mol. The topological polar surface area (TPSA) is 102 Å². The van der Waals surface area contributed by atoms with Gasteiger partial charge in [-0.3, -0.25) is 9.59 Å². The van der Waals surface area contributed by atoms with Crippen molar-refractivity contribution in [1.82, 2.24) is 4.72 Å². The van der Waals surface area contributed by atoms with Gasteiger partial charge in [-0.2, -0.15) is 4.72 Å². The number of sulfonamides is 1. The minimum absolute atomic E-state index is 0.103. The number of anilines is 1. The molecule has 0 spiro atoms. The molecule has 1 atom stereocenters. The summed E-state index contributed by atoms with van der Waals surface area (Å²) in [7, 11) is -3.88. The van der Waals surface area contributed by atoms with Gasteiger partial charge in [0.05, 0.1) is 4.90 Å². The van der Waals surface area contributed by atoms with Crippen LogP contribution in [0.1, 0.15) is 29.2 Å². The highest BCUT2D eigenvalue weighted by Gasteiger charge is 2.22. The standard InChI is InChI=1S/C21H26N2O5S/c1-13-9-10-14(2)18(11-13)29(26,27)22-12-19(24)28-17(5)21(25)23-20-15(3)7-6-8-16(20)4/h6-11,17,22H,12H2,1-5H3,(H,23,25)/t17-/m0/s1. The summed E-state index contributed by atoms with van der Waals surface area (Å²) in [6.07, 6.45) is -1.08. The van der Waals surface area contributed by atoms with E-state index in [2.05, 4.69) is 10.0 Å². The van der Waals surface area contributed by atoms with Crippen LogP contribution >= 0.6 is 0 Å². The molecule has 2 aromatic rings. The first-order chi connectivity index (χ1) is 13.5. The van der Waals surface area contributed by atoms with E-state index >= 15 is 0 Å². The maximum absolute atomic E-state index is 12.4. The minimum Gasteiger partial charge on any atom is -0.452 e. The Balaban J connectivity index is 1.96. The van der Waals surface area contributed by atoms with Crippen molar-refractivity contribution in [2.45, 2.75) is 45.6 Å². The Morgan fingerprint density at radius 1 is 1.00 bits per heavy atom. The first-order valence-corrected chi connectivity index (χ1v) is 10.6. The Bertz CT molecular complexity index is 1010. The second kappa shape index (κ2) is 9.19. The van der Waals surface area contributed by atoms with Crippen LogP contribution in [0.5, 0.6) is 0 Å². The van der Waals surface area contributed by atoms with Crippen LogP contribution < -0.4 is 10.0 Å². The lowest BCUT2D eigenvalue weighted by molar-refractivity contribution is -0.151. The zero-order chi connectivity index (χ0) is 21.8. The smallest absolute Gasteiger partial charge is 0.321 e. The molecule has 0 radical (unpaired) electrons. The number of ether oxygens (including phenoxy) is 1. The molecule has 0 aliphatic rings. The number of rotatable bonds is 7. The third-order valence-corrected chi connectivity index (χ3v) is 5.99. The quantitative estimate of drug-likeness (QED) is 0.673. The summed E-state index contributed by atoms with van der Waals surface area (Å²) in [6.45, 7) is 8.04. The van der Waals surface area contributed by atoms with Gasteiger partial charge in [0.25, 0.3) is 5.91 Å². The molecule has 2 aromatic carbocycles. The Kier molecular flexibility index (Phi) is 7.16. The van der Waals surface area contributed by atoms with Gasteiger partial charge in [0.15, 0.2) is 6.10 Å². The van der Waals surface area contributed by atoms with Crippen molar-refractivity contribution in [2.24, 2.45) is 0 Å². The molecule has 2 N–H and O–H groups in total. The van der Waals surface area contributed by atoms with Crippen LogP contribution in [-0.4, -0.2) is 32.9 Å². The van der Waals surface area contributed by atoms with Gasteiger partial charge < -0.3 is 10.1 Å². The SMILES string of the molecule is Cc1ccc(C)c(S(=O)(=O)NCC(=O)O[C@@H](C)C(=O)Nc2c(C)cccc2C)c1. The fourth-order valence-corrected chi connectivity index (χ4v) is 4.05. The highest BCUT2D eigenvalue weighted by Crippen LogP contribution is 2.20. The van der Waals surface area contributed by atoms with Crippen molar-refractivity contribution >= 4 is 27.6 Å². The molecule has 0 bridgehead atoms. The summed E-state index contributed by atoms with van der Waals surface area (Å²) in [6, 6.07) is 10.6. The van der Waals surface area contributed by atoms with Gasteiger partial charge in [-0.15, -0.1) is 0 Å². The summed E-state index contributed by atoms with van der Waals surface area (Å²) in [5.74, 6) is -1.34. The maximum atomic E-state index is 12.4. The Morgan fingerprint density at radius 2 is 1.62 bits per heavy atom. The molecule has 1 amide bonds. The number of hydrogen-bond acceptors (Lipinski definition) is 5. The predicted octanol–water partition coefficient (Wildman–Crippen LogP) is 2.77. The lowest BCUT2D eigenvalue weighted by atomic mass is 10.1. The zero-order valence-electron chi connectivity index (χ0n) is 17.2. The van der Waals surface area contributed by atoms with Crippen LogP contribution in [0.2, 0.25) is 0 Å². The summed E-state index contributed by atoms with van der Waals surface area (Å²) in [5, 5.41) is 2.74. The van der Waals surface area contributed by atoms with Crippen molar-refractivity contribution in [3.63, 3.8) is 0 Å². The molecule has 0 saturated carbocycles. The number of esters is 1. The first kappa shape index (κ1) is 22.6. The molecule has 0 aromatic heterocycles. The van der Waals surface area contributed by atoms with E-state index in [1.807, 2.05) is 32.0 Å². The molecule has 0 aliphatic heterocycles. The van der Waals surface area contributed by atoms with Crippen molar-refractivity contribution in [1.29, 1.82) is 0 Å². The van der Waals surface area contributed by atoms with Crippen LogP contribution in [0.25, 0.3) is 0 Å². The third-order valence-electron chi connectivity index (χ3n) is 4.45. The van der Waals surface area contributed by atoms with E-state index in [1.54, 1.807) is 26.0 Å². The van der Waals surface area contributed by atoms with E-state index < -0.39 is 34.5 Å². The van der Waals surface area contributed by atoms with E-state index in [1.165, 1.54) is 13.0 Å². The van der Waals surface area contributed by atoms with Crippen molar-refractivity contribution in [3.05, 3.63) is 58.7 Å². The van der Waals surface area contributed by atoms with Crippen molar-refractivity contribution in [3.8, 4) is 0 Å². The molecular formula is C21H26N2O5S. The van der Waals surface area contributed by atoms with Crippen molar-refractivity contribution in [2.75, 3.05) is 11.9 Å². The van der Waals surface area contributed by atoms with E-state index in [0.717, 1.165) is 16.7 Å². The number of para-hydroxylation sites is 1. The third kappa shape index (κ3) is 5.88. The number of nitrogens with one attached hydrogen (secondary N) is 2. The van der Waals surface area contributed by atoms with Crippen LogP contribution in [0.4, 0.5) is 5.69 Å². The maximum Gasteiger partial charge on any atom is 0.321 e. The summed E-state index contributed by atoms with van der Waals surface area (Å²) >= 11 is 0. The summed E-state index contributed by atoms with van der Waals surface area (Å²) in [4.78, 5) is 24.5. The molecule has 0 saturated heterocycles. The molecule has 0 unspecified atom stereocenters. The number of benzene rings is 2. The van der Waals surface area contributed by atoms with Crippen LogP contribution in [0, 0.1) is 27.7 Å². The van der Waals surface area contributed by atoms with Crippen LogP contribution in [0.15, 0.2) is 41.3 Å². The van der Waals surface area contributed by atoms with Crippen LogP contribution in [0.3, 0.4) is 0 Å². The summed E-state index contributed by atoms with van der Waals surface area (Å²) in [5.41, 5.74) is 3.79. The first-order valence-electron chi connectivity index (χ1n) is 9.14. The number of carbonyl (C=O) groups excluding carboxylic acids is 2. The van der Waals surface area contributed by atoms with Gasteiger partial charge in [0.2, 0.25) is 10.0 Å². The van der Waals surface area contributed by atoms with Gasteiger partial charge in [-0.1, -0.05) is 30.3 Å². The van der Waals surface area contributed by atoms with Crippen molar-refractivity contribution < 1.29 is 22.7 Å².